The molecule has 1 atom stereocenters. The number of allylic oxidation sites excluding steroid dienone is 2. The van der Waals surface area contributed by atoms with Crippen LogP contribution >= 0.6 is 11.3 Å². The predicted molar refractivity (Wildman–Crippen MR) is 123 cm³/mol. The van der Waals surface area contributed by atoms with Gasteiger partial charge in [-0.15, -0.1) is 0 Å². The van der Waals surface area contributed by atoms with Crippen LogP contribution < -0.4 is 15.7 Å². The van der Waals surface area contributed by atoms with Gasteiger partial charge < -0.3 is 19.4 Å². The molecule has 0 radical (unpaired) electrons. The summed E-state index contributed by atoms with van der Waals surface area (Å²) in [5, 5.41) is 21.7. The second kappa shape index (κ2) is 11.9. The maximum absolute atomic E-state index is 12.8. The molecule has 0 spiro atoms. The molecule has 0 aromatic carbocycles. The molecule has 0 aliphatic carbocycles. The second-order valence-electron chi connectivity index (χ2n) is 7.19. The van der Waals surface area contributed by atoms with Gasteiger partial charge in [0, 0.05) is 23.1 Å². The van der Waals surface area contributed by atoms with Gasteiger partial charge in [0.25, 0.3) is 0 Å². The number of rotatable bonds is 11. The SMILES string of the molecule is CCCOc1ccc(C=C(C)C(=O)c2c(O)cc(C(C)CCC=CNC(=O)O)oc2=O)s1. The van der Waals surface area contributed by atoms with E-state index in [0.29, 0.717) is 19.4 Å². The molecule has 0 bridgehead atoms. The molecule has 3 N–H and O–H groups in total. The molecule has 0 aliphatic rings. The third kappa shape index (κ3) is 7.12. The fraction of sp³-hybridized carbons (Fsp3) is 0.348. The van der Waals surface area contributed by atoms with Crippen molar-refractivity contribution in [3.05, 3.63) is 62.7 Å². The molecule has 2 rings (SSSR count). The number of thiophene rings is 1. The third-order valence-electron chi connectivity index (χ3n) is 4.52. The van der Waals surface area contributed by atoms with Gasteiger partial charge in [0.05, 0.1) is 6.61 Å². The van der Waals surface area contributed by atoms with Crippen LogP contribution in [0.2, 0.25) is 0 Å². The molecule has 2 aromatic heterocycles. The molecule has 0 saturated carbocycles. The fourth-order valence-corrected chi connectivity index (χ4v) is 3.70. The molecule has 172 valence electrons. The van der Waals surface area contributed by atoms with E-state index in [2.05, 4.69) is 5.32 Å². The van der Waals surface area contributed by atoms with E-state index in [1.807, 2.05) is 19.1 Å². The Balaban J connectivity index is 2.12. The summed E-state index contributed by atoms with van der Waals surface area (Å²) in [7, 11) is 0. The minimum Gasteiger partial charge on any atom is -0.507 e. The van der Waals surface area contributed by atoms with Crippen molar-refractivity contribution in [1.29, 1.82) is 0 Å². The molecular formula is C23H27NO7S. The summed E-state index contributed by atoms with van der Waals surface area (Å²) in [4.78, 5) is 36.4. The van der Waals surface area contributed by atoms with E-state index in [9.17, 15) is 19.5 Å². The highest BCUT2D eigenvalue weighted by Crippen LogP contribution is 2.29. The van der Waals surface area contributed by atoms with Gasteiger partial charge in [-0.05, 0) is 50.0 Å². The zero-order chi connectivity index (χ0) is 23.7. The molecule has 2 aromatic rings. The summed E-state index contributed by atoms with van der Waals surface area (Å²) >= 11 is 1.38. The smallest absolute Gasteiger partial charge is 0.408 e. The van der Waals surface area contributed by atoms with Crippen LogP contribution in [0.4, 0.5) is 4.79 Å². The van der Waals surface area contributed by atoms with Gasteiger partial charge in [-0.3, -0.25) is 10.1 Å². The Hall–Kier alpha value is -3.33. The lowest BCUT2D eigenvalue weighted by Crippen LogP contribution is -2.16. The summed E-state index contributed by atoms with van der Waals surface area (Å²) in [5.74, 6) is -1.01. The molecule has 0 aliphatic heterocycles. The van der Waals surface area contributed by atoms with Crippen molar-refractivity contribution < 1.29 is 29.0 Å². The quantitative estimate of drug-likeness (QED) is 0.312. The molecule has 1 amide bonds. The molecular weight excluding hydrogens is 434 g/mol. The first-order valence-corrected chi connectivity index (χ1v) is 11.0. The largest absolute Gasteiger partial charge is 0.507 e. The first kappa shape index (κ1) is 24.9. The first-order chi connectivity index (χ1) is 15.2. The monoisotopic (exact) mass is 461 g/mol. The van der Waals surface area contributed by atoms with Crippen LogP contribution in [0.25, 0.3) is 6.08 Å². The normalized spacial score (nSPS) is 12.7. The van der Waals surface area contributed by atoms with Crippen molar-refractivity contribution in [2.75, 3.05) is 6.61 Å². The molecule has 32 heavy (non-hydrogen) atoms. The summed E-state index contributed by atoms with van der Waals surface area (Å²) in [5.41, 5.74) is -1.02. The van der Waals surface area contributed by atoms with Crippen LogP contribution in [-0.2, 0) is 0 Å². The Morgan fingerprint density at radius 3 is 2.75 bits per heavy atom. The highest BCUT2D eigenvalue weighted by atomic mass is 32.1. The molecule has 0 saturated heterocycles. The number of carboxylic acid groups (broad SMARTS) is 1. The number of aromatic hydroxyl groups is 1. The number of hydrogen-bond acceptors (Lipinski definition) is 7. The Morgan fingerprint density at radius 2 is 2.09 bits per heavy atom. The summed E-state index contributed by atoms with van der Waals surface area (Å²) < 4.78 is 10.9. The standard InChI is InChI=1S/C23H27NO7S/c1-4-11-30-19-9-8-16(32-19)12-15(3)21(26)20-17(25)13-18(31-22(20)27)14(2)7-5-6-10-24-23(28)29/h6,8-10,12-14,24-25H,4-5,7,11H2,1-3H3,(H,28,29). The highest BCUT2D eigenvalue weighted by molar-refractivity contribution is 7.14. The Morgan fingerprint density at radius 1 is 1.34 bits per heavy atom. The number of carbonyl (C=O) groups excluding carboxylic acids is 1. The van der Waals surface area contributed by atoms with Crippen LogP contribution in [0.5, 0.6) is 10.8 Å². The lowest BCUT2D eigenvalue weighted by Gasteiger charge is -2.11. The van der Waals surface area contributed by atoms with E-state index in [4.69, 9.17) is 14.3 Å². The summed E-state index contributed by atoms with van der Waals surface area (Å²) in [6.45, 7) is 5.99. The summed E-state index contributed by atoms with van der Waals surface area (Å²) in [6.07, 6.45) is 5.40. The minimum atomic E-state index is -1.15. The van der Waals surface area contributed by atoms with E-state index in [1.165, 1.54) is 23.6 Å². The maximum atomic E-state index is 12.8. The van der Waals surface area contributed by atoms with Crippen molar-refractivity contribution in [2.24, 2.45) is 0 Å². The first-order valence-electron chi connectivity index (χ1n) is 10.2. The third-order valence-corrected chi connectivity index (χ3v) is 5.47. The van der Waals surface area contributed by atoms with Crippen molar-refractivity contribution in [3.63, 3.8) is 0 Å². The van der Waals surface area contributed by atoms with Crippen molar-refractivity contribution in [2.45, 2.75) is 46.0 Å². The number of ether oxygens (including phenoxy) is 1. The van der Waals surface area contributed by atoms with Gasteiger partial charge >= 0.3 is 11.7 Å². The van der Waals surface area contributed by atoms with Crippen LogP contribution in [0, 0.1) is 0 Å². The topological polar surface area (TPSA) is 126 Å². The molecule has 9 heteroatoms. The van der Waals surface area contributed by atoms with Crippen LogP contribution in [0.1, 0.15) is 66.9 Å². The zero-order valence-electron chi connectivity index (χ0n) is 18.2. The highest BCUT2D eigenvalue weighted by Gasteiger charge is 2.22. The number of carbonyl (C=O) groups is 2. The number of ketones is 1. The van der Waals surface area contributed by atoms with Crippen LogP contribution in [0.3, 0.4) is 0 Å². The van der Waals surface area contributed by atoms with Crippen LogP contribution in [0.15, 0.2) is 45.3 Å². The van der Waals surface area contributed by atoms with E-state index >= 15 is 0 Å². The number of amides is 1. The Kier molecular flexibility index (Phi) is 9.27. The zero-order valence-corrected chi connectivity index (χ0v) is 19.0. The van der Waals surface area contributed by atoms with E-state index in [1.54, 1.807) is 26.0 Å². The average Bonchev–Trinajstić information content (AvgIpc) is 3.18. The minimum absolute atomic E-state index is 0.225. The average molecular weight is 462 g/mol. The van der Waals surface area contributed by atoms with E-state index in [-0.39, 0.29) is 17.3 Å². The lowest BCUT2D eigenvalue weighted by molar-refractivity contribution is 0.102. The molecule has 2 heterocycles. The van der Waals surface area contributed by atoms with Gasteiger partial charge in [0.15, 0.2) is 10.8 Å². The van der Waals surface area contributed by atoms with Gasteiger partial charge in [-0.1, -0.05) is 31.3 Å². The maximum Gasteiger partial charge on any atom is 0.408 e. The second-order valence-corrected chi connectivity index (χ2v) is 8.27. The number of nitrogens with one attached hydrogen (secondary N) is 1. The predicted octanol–water partition coefficient (Wildman–Crippen LogP) is 5.15. The van der Waals surface area contributed by atoms with Gasteiger partial charge in [-0.25, -0.2) is 9.59 Å². The van der Waals surface area contributed by atoms with Gasteiger partial charge in [-0.2, -0.15) is 0 Å². The van der Waals surface area contributed by atoms with Crippen molar-refractivity contribution >= 4 is 29.3 Å². The van der Waals surface area contributed by atoms with Crippen molar-refractivity contribution in [1.82, 2.24) is 5.32 Å². The van der Waals surface area contributed by atoms with E-state index < -0.39 is 28.8 Å². The molecule has 1 unspecified atom stereocenters. The number of Topliss-reactive ketones (excluding diaryl/α,β-unsaturated/α-hetero) is 1. The van der Waals surface area contributed by atoms with Crippen LogP contribution in [-0.4, -0.2) is 28.7 Å². The summed E-state index contributed by atoms with van der Waals surface area (Å²) in [6, 6.07) is 4.92. The van der Waals surface area contributed by atoms with Gasteiger partial charge in [0.1, 0.15) is 17.1 Å². The molecule has 8 nitrogen and oxygen atoms in total. The lowest BCUT2D eigenvalue weighted by atomic mass is 10.00. The van der Waals surface area contributed by atoms with E-state index in [0.717, 1.165) is 16.4 Å². The fourth-order valence-electron chi connectivity index (χ4n) is 2.82. The molecule has 0 fully saturated rings. The Labute approximate surface area is 189 Å². The Bertz CT molecular complexity index is 1060. The van der Waals surface area contributed by atoms with Crippen molar-refractivity contribution in [3.8, 4) is 10.8 Å². The van der Waals surface area contributed by atoms with Gasteiger partial charge in [0.2, 0.25) is 0 Å². The number of hydrogen-bond donors (Lipinski definition) is 3.